The van der Waals surface area contributed by atoms with Gasteiger partial charge in [0.2, 0.25) is 0 Å². The second-order valence-electron chi connectivity index (χ2n) is 4.73. The first-order valence-electron chi connectivity index (χ1n) is 7.09. The lowest BCUT2D eigenvalue weighted by molar-refractivity contribution is 0.0996. The van der Waals surface area contributed by atoms with Gasteiger partial charge in [-0.25, -0.2) is 0 Å². The molecule has 0 saturated carbocycles. The number of hydrogen-bond acceptors (Lipinski definition) is 4. The zero-order chi connectivity index (χ0) is 16.7. The monoisotopic (exact) mass is 335 g/mol. The molecule has 0 aliphatic heterocycles. The van der Waals surface area contributed by atoms with Crippen LogP contribution in [0.2, 0.25) is 5.02 Å². The summed E-state index contributed by atoms with van der Waals surface area (Å²) in [6, 6.07) is 12.0. The molecule has 122 valence electrons. The molecule has 0 spiro atoms. The number of benzene rings is 2. The van der Waals surface area contributed by atoms with Gasteiger partial charge in [-0.3, -0.25) is 4.79 Å². The molecule has 0 unspecified atom stereocenters. The number of amides is 1. The molecule has 0 aliphatic rings. The lowest BCUT2D eigenvalue weighted by atomic mass is 10.2. The Balaban J connectivity index is 1.83. The maximum absolute atomic E-state index is 11.4. The Morgan fingerprint density at radius 1 is 1.04 bits per heavy atom. The van der Waals surface area contributed by atoms with Gasteiger partial charge in [-0.1, -0.05) is 11.6 Å². The number of carbonyl (C=O) groups is 1. The molecule has 2 N–H and O–H groups in total. The number of rotatable bonds is 8. The third-order valence-corrected chi connectivity index (χ3v) is 3.33. The molecule has 2 rings (SSSR count). The van der Waals surface area contributed by atoms with Gasteiger partial charge in [0.1, 0.15) is 17.2 Å². The van der Waals surface area contributed by atoms with Crippen molar-refractivity contribution >= 4 is 17.5 Å². The first-order chi connectivity index (χ1) is 11.1. The summed E-state index contributed by atoms with van der Waals surface area (Å²) in [6.45, 7) is 0.874. The fourth-order valence-electron chi connectivity index (χ4n) is 1.91. The number of primary amides is 1. The zero-order valence-corrected chi connectivity index (χ0v) is 13.5. The number of ether oxygens (including phenoxy) is 3. The van der Waals surface area contributed by atoms with Gasteiger partial charge in [-0.2, -0.15) is 0 Å². The molecule has 0 saturated heterocycles. The first-order valence-corrected chi connectivity index (χ1v) is 7.47. The molecule has 0 radical (unpaired) electrons. The van der Waals surface area contributed by atoms with E-state index < -0.39 is 5.91 Å². The molecular weight excluding hydrogens is 318 g/mol. The number of nitrogens with two attached hydrogens (primary N) is 1. The minimum absolute atomic E-state index is 0.324. The zero-order valence-electron chi connectivity index (χ0n) is 12.8. The van der Waals surface area contributed by atoms with Gasteiger partial charge in [0, 0.05) is 17.5 Å². The predicted molar refractivity (Wildman–Crippen MR) is 88.6 cm³/mol. The van der Waals surface area contributed by atoms with Gasteiger partial charge in [0.05, 0.1) is 25.9 Å². The Bertz CT molecular complexity index is 658. The SMILES string of the molecule is COc1ccc(C(N)=O)c(OCCCOc2ccc(Cl)cc2)c1. The smallest absolute Gasteiger partial charge is 0.252 e. The molecule has 0 bridgehead atoms. The highest BCUT2D eigenvalue weighted by atomic mass is 35.5. The molecular formula is C17H18ClNO4. The highest BCUT2D eigenvalue weighted by Gasteiger charge is 2.10. The standard InChI is InChI=1S/C17H18ClNO4/c1-21-14-7-8-15(17(19)20)16(11-14)23-10-2-9-22-13-5-3-12(18)4-6-13/h3-8,11H,2,9-10H2,1H3,(H2,19,20). The van der Waals surface area contributed by atoms with Crippen molar-refractivity contribution in [1.29, 1.82) is 0 Å². The molecule has 0 aliphatic carbocycles. The number of hydrogen-bond donors (Lipinski definition) is 1. The lowest BCUT2D eigenvalue weighted by Crippen LogP contribution is -2.14. The first kappa shape index (κ1) is 17.0. The molecule has 0 aromatic heterocycles. The Hall–Kier alpha value is -2.40. The summed E-state index contributed by atoms with van der Waals surface area (Å²) in [5.41, 5.74) is 5.65. The average molecular weight is 336 g/mol. The molecule has 0 fully saturated rings. The van der Waals surface area contributed by atoms with Crippen LogP contribution < -0.4 is 19.9 Å². The molecule has 5 nitrogen and oxygen atoms in total. The van der Waals surface area contributed by atoms with Crippen LogP contribution in [-0.4, -0.2) is 26.2 Å². The van der Waals surface area contributed by atoms with Crippen LogP contribution in [0.3, 0.4) is 0 Å². The van der Waals surface area contributed by atoms with Crippen LogP contribution in [0.5, 0.6) is 17.2 Å². The highest BCUT2D eigenvalue weighted by Crippen LogP contribution is 2.24. The van der Waals surface area contributed by atoms with Crippen LogP contribution in [0.25, 0.3) is 0 Å². The summed E-state index contributed by atoms with van der Waals surface area (Å²) in [6.07, 6.45) is 0.651. The van der Waals surface area contributed by atoms with E-state index in [1.54, 1.807) is 49.6 Å². The fourth-order valence-corrected chi connectivity index (χ4v) is 2.04. The quantitative estimate of drug-likeness (QED) is 0.751. The van der Waals surface area contributed by atoms with E-state index in [1.807, 2.05) is 0 Å². The second-order valence-corrected chi connectivity index (χ2v) is 5.17. The van der Waals surface area contributed by atoms with E-state index in [4.69, 9.17) is 31.5 Å². The van der Waals surface area contributed by atoms with Gasteiger partial charge < -0.3 is 19.9 Å². The Morgan fingerprint density at radius 3 is 2.35 bits per heavy atom. The fraction of sp³-hybridized carbons (Fsp3) is 0.235. The largest absolute Gasteiger partial charge is 0.497 e. The van der Waals surface area contributed by atoms with E-state index in [1.165, 1.54) is 0 Å². The third kappa shape index (κ3) is 5.07. The van der Waals surface area contributed by atoms with Crippen LogP contribution in [-0.2, 0) is 0 Å². The van der Waals surface area contributed by atoms with Gasteiger partial charge in [0.15, 0.2) is 0 Å². The van der Waals surface area contributed by atoms with Crippen molar-refractivity contribution in [2.75, 3.05) is 20.3 Å². The number of carbonyl (C=O) groups excluding carboxylic acids is 1. The Kier molecular flexibility index (Phi) is 6.11. The summed E-state index contributed by atoms with van der Waals surface area (Å²) < 4.78 is 16.3. The summed E-state index contributed by atoms with van der Waals surface area (Å²) in [4.78, 5) is 11.4. The van der Waals surface area contributed by atoms with Gasteiger partial charge in [-0.05, 0) is 36.4 Å². The Morgan fingerprint density at radius 2 is 1.70 bits per heavy atom. The van der Waals surface area contributed by atoms with E-state index in [0.29, 0.717) is 41.7 Å². The van der Waals surface area contributed by atoms with Crippen LogP contribution in [0.15, 0.2) is 42.5 Å². The molecule has 1 amide bonds. The lowest BCUT2D eigenvalue weighted by Gasteiger charge is -2.11. The van der Waals surface area contributed by atoms with Crippen molar-refractivity contribution in [3.63, 3.8) is 0 Å². The molecule has 0 atom stereocenters. The van der Waals surface area contributed by atoms with Crippen molar-refractivity contribution < 1.29 is 19.0 Å². The summed E-state index contributed by atoms with van der Waals surface area (Å²) >= 11 is 5.80. The van der Waals surface area contributed by atoms with Crippen LogP contribution in [0.1, 0.15) is 16.8 Å². The van der Waals surface area contributed by atoms with Crippen LogP contribution in [0, 0.1) is 0 Å². The number of methoxy groups -OCH3 is 1. The van der Waals surface area contributed by atoms with Crippen LogP contribution in [0.4, 0.5) is 0 Å². The summed E-state index contributed by atoms with van der Waals surface area (Å²) in [5.74, 6) is 1.21. The van der Waals surface area contributed by atoms with Crippen molar-refractivity contribution in [3.8, 4) is 17.2 Å². The molecule has 23 heavy (non-hydrogen) atoms. The molecule has 2 aromatic carbocycles. The third-order valence-electron chi connectivity index (χ3n) is 3.08. The van der Waals surface area contributed by atoms with Gasteiger partial charge in [0.25, 0.3) is 5.91 Å². The summed E-state index contributed by atoms with van der Waals surface area (Å²) in [7, 11) is 1.54. The number of halogens is 1. The van der Waals surface area contributed by atoms with Crippen molar-refractivity contribution in [2.45, 2.75) is 6.42 Å². The second kappa shape index (κ2) is 8.29. The minimum Gasteiger partial charge on any atom is -0.497 e. The molecule has 0 heterocycles. The molecule has 6 heteroatoms. The predicted octanol–water partition coefficient (Wildman–Crippen LogP) is 3.30. The van der Waals surface area contributed by atoms with E-state index in [2.05, 4.69) is 0 Å². The maximum Gasteiger partial charge on any atom is 0.252 e. The molecule has 2 aromatic rings. The van der Waals surface area contributed by atoms with E-state index >= 15 is 0 Å². The Labute approximate surface area is 139 Å². The van der Waals surface area contributed by atoms with Gasteiger partial charge >= 0.3 is 0 Å². The van der Waals surface area contributed by atoms with E-state index in [0.717, 1.165) is 5.75 Å². The van der Waals surface area contributed by atoms with Crippen molar-refractivity contribution in [3.05, 3.63) is 53.1 Å². The van der Waals surface area contributed by atoms with Crippen molar-refractivity contribution in [2.24, 2.45) is 5.73 Å². The van der Waals surface area contributed by atoms with Gasteiger partial charge in [-0.15, -0.1) is 0 Å². The van der Waals surface area contributed by atoms with Crippen molar-refractivity contribution in [1.82, 2.24) is 0 Å². The maximum atomic E-state index is 11.4. The van der Waals surface area contributed by atoms with E-state index in [-0.39, 0.29) is 0 Å². The minimum atomic E-state index is -0.542. The normalized spacial score (nSPS) is 10.2. The van der Waals surface area contributed by atoms with Crippen LogP contribution >= 0.6 is 11.6 Å². The van der Waals surface area contributed by atoms with E-state index in [9.17, 15) is 4.79 Å². The highest BCUT2D eigenvalue weighted by molar-refractivity contribution is 6.30. The summed E-state index contributed by atoms with van der Waals surface area (Å²) in [5, 5.41) is 0.665. The average Bonchev–Trinajstić information content (AvgIpc) is 2.55. The topological polar surface area (TPSA) is 70.8 Å².